The molecule has 1 saturated heterocycles. The molecule has 0 spiro atoms. The van der Waals surface area contributed by atoms with Gasteiger partial charge >= 0.3 is 0 Å². The third kappa shape index (κ3) is 4.82. The first-order valence-corrected chi connectivity index (χ1v) is 12.7. The molecule has 0 radical (unpaired) electrons. The van der Waals surface area contributed by atoms with Crippen molar-refractivity contribution in [2.45, 2.75) is 96.5 Å². The molecule has 2 aliphatic rings. The zero-order valence-electron chi connectivity index (χ0n) is 17.9. The predicted molar refractivity (Wildman–Crippen MR) is 123 cm³/mol. The molecule has 1 aromatic carbocycles. The molecule has 1 aromatic heterocycles. The lowest BCUT2D eigenvalue weighted by atomic mass is 9.75. The molecule has 2 fully saturated rings. The van der Waals surface area contributed by atoms with Gasteiger partial charge in [0, 0.05) is 15.5 Å². The molecule has 28 heavy (non-hydrogen) atoms. The number of ether oxygens (including phenoxy) is 1. The Morgan fingerprint density at radius 1 is 0.964 bits per heavy atom. The minimum Gasteiger partial charge on any atom is -0.377 e. The molecule has 2 atom stereocenters. The summed E-state index contributed by atoms with van der Waals surface area (Å²) >= 11 is 2.00. The minimum atomic E-state index is 0.532. The fourth-order valence-electron chi connectivity index (χ4n) is 5.49. The van der Waals surface area contributed by atoms with Crippen LogP contribution in [0.1, 0.15) is 94.4 Å². The van der Waals surface area contributed by atoms with Crippen LogP contribution in [0.15, 0.2) is 24.3 Å². The maximum Gasteiger partial charge on any atom is 0.0603 e. The molecule has 1 nitrogen and oxygen atoms in total. The van der Waals surface area contributed by atoms with Gasteiger partial charge in [0.1, 0.15) is 0 Å². The quantitative estimate of drug-likeness (QED) is 0.457. The van der Waals surface area contributed by atoms with Gasteiger partial charge in [0.15, 0.2) is 0 Å². The summed E-state index contributed by atoms with van der Waals surface area (Å²) in [4.78, 5) is 1.55. The molecule has 1 aliphatic heterocycles. The Kier molecular flexibility index (Phi) is 7.12. The first-order chi connectivity index (χ1) is 13.8. The van der Waals surface area contributed by atoms with Crippen LogP contribution >= 0.6 is 11.3 Å². The van der Waals surface area contributed by atoms with Crippen molar-refractivity contribution < 1.29 is 4.74 Å². The summed E-state index contributed by atoms with van der Waals surface area (Å²) < 4.78 is 7.93. The SMILES string of the molecule is CCCCc1cc2ccc(C3CCC(C4CCC(CCC)CC4)OC3)cc2s1. The predicted octanol–water partition coefficient (Wildman–Crippen LogP) is 8.11. The Hall–Kier alpha value is -0.860. The molecule has 154 valence electrons. The fraction of sp³-hybridized carbons (Fsp3) is 0.692. The second kappa shape index (κ2) is 9.76. The van der Waals surface area contributed by atoms with Crippen molar-refractivity contribution in [1.82, 2.24) is 0 Å². The van der Waals surface area contributed by atoms with Gasteiger partial charge in [0.25, 0.3) is 0 Å². The summed E-state index contributed by atoms with van der Waals surface area (Å²) in [7, 11) is 0. The molecule has 2 heterocycles. The van der Waals surface area contributed by atoms with Crippen molar-refractivity contribution in [3.8, 4) is 0 Å². The number of hydrogen-bond acceptors (Lipinski definition) is 2. The van der Waals surface area contributed by atoms with Gasteiger partial charge in [0.05, 0.1) is 12.7 Å². The van der Waals surface area contributed by atoms with E-state index in [0.717, 1.165) is 18.4 Å². The van der Waals surface area contributed by atoms with E-state index in [2.05, 4.69) is 38.1 Å². The summed E-state index contributed by atoms with van der Waals surface area (Å²) in [6.07, 6.45) is 15.4. The molecule has 1 aliphatic carbocycles. The van der Waals surface area contributed by atoms with E-state index < -0.39 is 0 Å². The molecule has 2 heteroatoms. The van der Waals surface area contributed by atoms with E-state index in [1.54, 1.807) is 4.88 Å². The molecule has 2 unspecified atom stereocenters. The lowest BCUT2D eigenvalue weighted by Crippen LogP contribution is -2.33. The molecule has 0 N–H and O–H groups in total. The normalized spacial score (nSPS) is 28.6. The topological polar surface area (TPSA) is 9.23 Å². The van der Waals surface area contributed by atoms with Crippen molar-refractivity contribution >= 4 is 21.4 Å². The molecular formula is C26H38OS. The molecular weight excluding hydrogens is 360 g/mol. The minimum absolute atomic E-state index is 0.532. The standard InChI is InChI=1S/C26H38OS/c1-3-5-7-24-16-22-13-12-21(17-26(22)28-24)23-14-15-25(27-18-23)20-10-8-19(6-4-2)9-11-20/h12-13,16-17,19-20,23,25H,3-11,14-15,18H2,1-2H3. The zero-order chi connectivity index (χ0) is 19.3. The number of thiophene rings is 1. The molecule has 2 aromatic rings. The smallest absolute Gasteiger partial charge is 0.0603 e. The molecule has 4 rings (SSSR count). The molecule has 0 amide bonds. The Balaban J connectivity index is 1.32. The highest BCUT2D eigenvalue weighted by Crippen LogP contribution is 2.40. The number of aryl methyl sites for hydroxylation is 1. The Bertz CT molecular complexity index is 732. The number of unbranched alkanes of at least 4 members (excludes halogenated alkanes) is 1. The second-order valence-corrected chi connectivity index (χ2v) is 10.5. The third-order valence-electron chi connectivity index (χ3n) is 7.27. The largest absolute Gasteiger partial charge is 0.377 e. The monoisotopic (exact) mass is 398 g/mol. The third-order valence-corrected chi connectivity index (χ3v) is 8.43. The van der Waals surface area contributed by atoms with Gasteiger partial charge in [-0.25, -0.2) is 0 Å². The fourth-order valence-corrected chi connectivity index (χ4v) is 6.65. The van der Waals surface area contributed by atoms with E-state index in [0.29, 0.717) is 12.0 Å². The highest BCUT2D eigenvalue weighted by molar-refractivity contribution is 7.19. The first kappa shape index (κ1) is 20.4. The lowest BCUT2D eigenvalue weighted by molar-refractivity contribution is -0.0435. The van der Waals surface area contributed by atoms with Crippen molar-refractivity contribution in [3.63, 3.8) is 0 Å². The summed E-state index contributed by atoms with van der Waals surface area (Å²) in [5.74, 6) is 2.42. The maximum absolute atomic E-state index is 6.45. The van der Waals surface area contributed by atoms with Crippen LogP contribution in [-0.4, -0.2) is 12.7 Å². The van der Waals surface area contributed by atoms with Crippen molar-refractivity contribution in [2.24, 2.45) is 11.8 Å². The van der Waals surface area contributed by atoms with Crippen molar-refractivity contribution in [3.05, 3.63) is 34.7 Å². The zero-order valence-corrected chi connectivity index (χ0v) is 18.7. The Morgan fingerprint density at radius 3 is 2.54 bits per heavy atom. The van der Waals surface area contributed by atoms with Crippen LogP contribution in [0.5, 0.6) is 0 Å². The van der Waals surface area contributed by atoms with Crippen molar-refractivity contribution in [1.29, 1.82) is 0 Å². The van der Waals surface area contributed by atoms with Gasteiger partial charge in [-0.3, -0.25) is 0 Å². The van der Waals surface area contributed by atoms with E-state index in [1.165, 1.54) is 86.3 Å². The van der Waals surface area contributed by atoms with E-state index in [9.17, 15) is 0 Å². The van der Waals surface area contributed by atoms with Crippen LogP contribution < -0.4 is 0 Å². The highest BCUT2D eigenvalue weighted by atomic mass is 32.1. The van der Waals surface area contributed by atoms with Gasteiger partial charge in [-0.15, -0.1) is 11.3 Å². The number of fused-ring (bicyclic) bond motifs is 1. The summed E-state index contributed by atoms with van der Waals surface area (Å²) in [5, 5.41) is 1.43. The van der Waals surface area contributed by atoms with Crippen LogP contribution in [0.25, 0.3) is 10.1 Å². The van der Waals surface area contributed by atoms with Gasteiger partial charge in [-0.1, -0.05) is 58.1 Å². The highest BCUT2D eigenvalue weighted by Gasteiger charge is 2.31. The van der Waals surface area contributed by atoms with Gasteiger partial charge in [0.2, 0.25) is 0 Å². The average Bonchev–Trinajstić information content (AvgIpc) is 3.15. The van der Waals surface area contributed by atoms with E-state index in [4.69, 9.17) is 4.74 Å². The van der Waals surface area contributed by atoms with Crippen LogP contribution in [0.2, 0.25) is 0 Å². The van der Waals surface area contributed by atoms with E-state index >= 15 is 0 Å². The Morgan fingerprint density at radius 2 is 1.82 bits per heavy atom. The van der Waals surface area contributed by atoms with Gasteiger partial charge < -0.3 is 4.74 Å². The van der Waals surface area contributed by atoms with Gasteiger partial charge in [-0.05, 0) is 73.4 Å². The number of benzene rings is 1. The molecule has 1 saturated carbocycles. The summed E-state index contributed by atoms with van der Waals surface area (Å²) in [6, 6.07) is 9.57. The second-order valence-electron chi connectivity index (χ2n) is 9.33. The summed E-state index contributed by atoms with van der Waals surface area (Å²) in [6.45, 7) is 5.54. The van der Waals surface area contributed by atoms with Crippen LogP contribution in [-0.2, 0) is 11.2 Å². The van der Waals surface area contributed by atoms with Crippen LogP contribution in [0.3, 0.4) is 0 Å². The molecule has 0 bridgehead atoms. The number of rotatable bonds is 7. The van der Waals surface area contributed by atoms with E-state index in [-0.39, 0.29) is 0 Å². The van der Waals surface area contributed by atoms with Crippen LogP contribution in [0.4, 0.5) is 0 Å². The Labute approximate surface area is 175 Å². The van der Waals surface area contributed by atoms with Gasteiger partial charge in [-0.2, -0.15) is 0 Å². The first-order valence-electron chi connectivity index (χ1n) is 11.9. The van der Waals surface area contributed by atoms with Crippen LogP contribution in [0, 0.1) is 11.8 Å². The van der Waals surface area contributed by atoms with E-state index in [1.807, 2.05) is 11.3 Å². The summed E-state index contributed by atoms with van der Waals surface area (Å²) in [5.41, 5.74) is 1.50. The van der Waals surface area contributed by atoms with Crippen molar-refractivity contribution in [2.75, 3.05) is 6.61 Å². The number of hydrogen-bond donors (Lipinski definition) is 0. The lowest BCUT2D eigenvalue weighted by Gasteiger charge is -2.38. The maximum atomic E-state index is 6.45. The average molecular weight is 399 g/mol.